The molecular weight excluding hydrogens is 358 g/mol. The van der Waals surface area contributed by atoms with Crippen molar-refractivity contribution in [3.63, 3.8) is 0 Å². The van der Waals surface area contributed by atoms with Crippen LogP contribution in [-0.2, 0) is 16.0 Å². The van der Waals surface area contributed by atoms with Crippen LogP contribution in [0.1, 0.15) is 55.5 Å². The summed E-state index contributed by atoms with van der Waals surface area (Å²) in [6.45, 7) is 3.41. The van der Waals surface area contributed by atoms with Crippen molar-refractivity contribution in [3.8, 4) is 0 Å². The number of esters is 1. The highest BCUT2D eigenvalue weighted by Crippen LogP contribution is 2.24. The van der Waals surface area contributed by atoms with Crippen LogP contribution in [0.5, 0.6) is 0 Å². The quantitative estimate of drug-likeness (QED) is 0.420. The fourth-order valence-electron chi connectivity index (χ4n) is 3.04. The molecule has 1 heterocycles. The molecule has 0 spiro atoms. The van der Waals surface area contributed by atoms with Gasteiger partial charge in [-0.05, 0) is 31.0 Å². The molecule has 0 unspecified atom stereocenters. The maximum atomic E-state index is 12.4. The lowest BCUT2D eigenvalue weighted by molar-refractivity contribution is -0.142. The number of ketones is 1. The number of hydrogen-bond acceptors (Lipinski definition) is 5. The number of carbonyl (C=O) groups excluding carboxylic acids is 4. The maximum absolute atomic E-state index is 12.4. The number of ether oxygens (including phenoxy) is 1. The van der Waals surface area contributed by atoms with Crippen molar-refractivity contribution in [3.05, 3.63) is 70.3 Å². The Morgan fingerprint density at radius 2 is 1.64 bits per heavy atom. The number of benzene rings is 2. The smallest absolute Gasteiger partial charge is 0.308 e. The van der Waals surface area contributed by atoms with Crippen molar-refractivity contribution in [2.45, 2.75) is 26.7 Å². The first-order valence-electron chi connectivity index (χ1n) is 9.15. The molecule has 0 atom stereocenters. The van der Waals surface area contributed by atoms with Crippen molar-refractivity contribution < 1.29 is 23.9 Å². The van der Waals surface area contributed by atoms with E-state index >= 15 is 0 Å². The first-order chi connectivity index (χ1) is 13.4. The molecule has 144 valence electrons. The van der Waals surface area contributed by atoms with E-state index in [9.17, 15) is 19.2 Å². The number of amides is 2. The Labute approximate surface area is 163 Å². The van der Waals surface area contributed by atoms with Gasteiger partial charge in [-0.3, -0.25) is 24.1 Å². The van der Waals surface area contributed by atoms with Gasteiger partial charge in [0, 0.05) is 12.1 Å². The largest absolute Gasteiger partial charge is 0.457 e. The summed E-state index contributed by atoms with van der Waals surface area (Å²) in [5, 5.41) is 0. The van der Waals surface area contributed by atoms with Gasteiger partial charge in [0.2, 0.25) is 0 Å². The third kappa shape index (κ3) is 4.01. The Bertz CT molecular complexity index is 946. The topological polar surface area (TPSA) is 80.8 Å². The van der Waals surface area contributed by atoms with Crippen LogP contribution in [-0.4, -0.2) is 41.6 Å². The van der Waals surface area contributed by atoms with Gasteiger partial charge in [-0.15, -0.1) is 0 Å². The molecule has 3 rings (SSSR count). The summed E-state index contributed by atoms with van der Waals surface area (Å²) in [6, 6.07) is 12.2. The number of fused-ring (bicyclic) bond motifs is 1. The van der Waals surface area contributed by atoms with Crippen LogP contribution in [0, 0.1) is 6.92 Å². The predicted octanol–water partition coefficient (Wildman–Crippen LogP) is 2.97. The lowest BCUT2D eigenvalue weighted by Gasteiger charge is -2.13. The average Bonchev–Trinajstić information content (AvgIpc) is 2.94. The molecule has 0 aliphatic carbocycles. The van der Waals surface area contributed by atoms with Gasteiger partial charge in [-0.1, -0.05) is 42.8 Å². The Morgan fingerprint density at radius 1 is 0.964 bits per heavy atom. The SMILES string of the molecule is CCc1ccc(C(=O)COC(=O)CCN2C(=O)c3ccc(C)cc3C2=O)cc1. The van der Waals surface area contributed by atoms with Crippen LogP contribution < -0.4 is 0 Å². The summed E-state index contributed by atoms with van der Waals surface area (Å²) in [6.07, 6.45) is 0.716. The fourth-order valence-corrected chi connectivity index (χ4v) is 3.04. The number of nitrogens with zero attached hydrogens (tertiary/aromatic N) is 1. The number of aryl methyl sites for hydroxylation is 2. The molecule has 0 aromatic heterocycles. The minimum atomic E-state index is -0.633. The van der Waals surface area contributed by atoms with Crippen LogP contribution in [0.15, 0.2) is 42.5 Å². The van der Waals surface area contributed by atoms with E-state index < -0.39 is 17.8 Å². The minimum Gasteiger partial charge on any atom is -0.457 e. The Morgan fingerprint density at radius 3 is 2.32 bits per heavy atom. The summed E-state index contributed by atoms with van der Waals surface area (Å²) < 4.78 is 5.00. The number of imide groups is 1. The highest BCUT2D eigenvalue weighted by atomic mass is 16.5. The average molecular weight is 379 g/mol. The molecule has 0 bridgehead atoms. The van der Waals surface area contributed by atoms with Crippen molar-refractivity contribution in [2.75, 3.05) is 13.2 Å². The van der Waals surface area contributed by atoms with Crippen LogP contribution in [0.2, 0.25) is 0 Å². The van der Waals surface area contributed by atoms with Gasteiger partial charge in [-0.25, -0.2) is 0 Å². The molecule has 2 aromatic rings. The standard InChI is InChI=1S/C22H21NO5/c1-3-15-5-7-16(8-6-15)19(24)13-28-20(25)10-11-23-21(26)17-9-4-14(2)12-18(17)22(23)27/h4-9,12H,3,10-11,13H2,1-2H3. The van der Waals surface area contributed by atoms with Crippen molar-refractivity contribution in [1.82, 2.24) is 4.90 Å². The predicted molar refractivity (Wildman–Crippen MR) is 102 cm³/mol. The van der Waals surface area contributed by atoms with Crippen LogP contribution in [0.3, 0.4) is 0 Å². The number of Topliss-reactive ketones (excluding diaryl/α,β-unsaturated/α-hetero) is 1. The summed E-state index contributed by atoms with van der Waals surface area (Å²) in [7, 11) is 0. The van der Waals surface area contributed by atoms with Gasteiger partial charge in [-0.2, -0.15) is 0 Å². The number of rotatable bonds is 7. The molecule has 1 aliphatic heterocycles. The zero-order valence-electron chi connectivity index (χ0n) is 15.9. The molecule has 0 saturated carbocycles. The molecule has 6 nitrogen and oxygen atoms in total. The Kier molecular flexibility index (Phi) is 5.68. The molecule has 2 aromatic carbocycles. The molecule has 1 aliphatic rings. The van der Waals surface area contributed by atoms with Crippen LogP contribution in [0.4, 0.5) is 0 Å². The highest BCUT2D eigenvalue weighted by molar-refractivity contribution is 6.21. The molecule has 6 heteroatoms. The summed E-state index contributed by atoms with van der Waals surface area (Å²) in [4.78, 5) is 49.8. The Balaban J connectivity index is 1.51. The van der Waals surface area contributed by atoms with Gasteiger partial charge in [0.05, 0.1) is 17.5 Å². The fraction of sp³-hybridized carbons (Fsp3) is 0.273. The summed E-state index contributed by atoms with van der Waals surface area (Å²) in [5.41, 5.74) is 3.16. The van der Waals surface area contributed by atoms with Gasteiger partial charge in [0.15, 0.2) is 12.4 Å². The first-order valence-corrected chi connectivity index (χ1v) is 9.15. The maximum Gasteiger partial charge on any atom is 0.308 e. The zero-order valence-corrected chi connectivity index (χ0v) is 15.9. The lowest BCUT2D eigenvalue weighted by Crippen LogP contribution is -2.32. The number of carbonyl (C=O) groups is 4. The second-order valence-corrected chi connectivity index (χ2v) is 6.70. The van der Waals surface area contributed by atoms with Crippen LogP contribution >= 0.6 is 0 Å². The van der Waals surface area contributed by atoms with Gasteiger partial charge >= 0.3 is 5.97 Å². The van der Waals surface area contributed by atoms with E-state index in [-0.39, 0.29) is 25.4 Å². The normalized spacial score (nSPS) is 12.9. The second-order valence-electron chi connectivity index (χ2n) is 6.70. The zero-order chi connectivity index (χ0) is 20.3. The number of hydrogen-bond donors (Lipinski definition) is 0. The molecule has 2 amide bonds. The van der Waals surface area contributed by atoms with E-state index in [0.29, 0.717) is 16.7 Å². The molecule has 0 saturated heterocycles. The second kappa shape index (κ2) is 8.17. The van der Waals surface area contributed by atoms with Crippen molar-refractivity contribution in [2.24, 2.45) is 0 Å². The van der Waals surface area contributed by atoms with E-state index in [1.54, 1.807) is 30.3 Å². The molecule has 28 heavy (non-hydrogen) atoms. The molecule has 0 radical (unpaired) electrons. The lowest BCUT2D eigenvalue weighted by atomic mass is 10.1. The Hall–Kier alpha value is -3.28. The van der Waals surface area contributed by atoms with Crippen molar-refractivity contribution in [1.29, 1.82) is 0 Å². The van der Waals surface area contributed by atoms with E-state index in [1.807, 2.05) is 26.0 Å². The molecule has 0 N–H and O–H groups in total. The van der Waals surface area contributed by atoms with Gasteiger partial charge < -0.3 is 4.74 Å². The third-order valence-corrected chi connectivity index (χ3v) is 4.71. The monoisotopic (exact) mass is 379 g/mol. The summed E-state index contributed by atoms with van der Waals surface area (Å²) >= 11 is 0. The van der Waals surface area contributed by atoms with E-state index in [4.69, 9.17) is 4.74 Å². The molecule has 0 fully saturated rings. The molecular formula is C22H21NO5. The minimum absolute atomic E-state index is 0.0797. The van der Waals surface area contributed by atoms with Crippen LogP contribution in [0.25, 0.3) is 0 Å². The third-order valence-electron chi connectivity index (χ3n) is 4.71. The van der Waals surface area contributed by atoms with E-state index in [2.05, 4.69) is 0 Å². The van der Waals surface area contributed by atoms with Crippen molar-refractivity contribution >= 4 is 23.6 Å². The van der Waals surface area contributed by atoms with E-state index in [1.165, 1.54) is 0 Å². The first kappa shape index (κ1) is 19.5. The highest BCUT2D eigenvalue weighted by Gasteiger charge is 2.35. The van der Waals surface area contributed by atoms with E-state index in [0.717, 1.165) is 22.4 Å². The van der Waals surface area contributed by atoms with Gasteiger partial charge in [0.25, 0.3) is 11.8 Å². The van der Waals surface area contributed by atoms with Gasteiger partial charge in [0.1, 0.15) is 0 Å². The summed E-state index contributed by atoms with van der Waals surface area (Å²) in [5.74, 6) is -1.76.